The number of carbonyl (C=O) groups is 1. The molecule has 1 aliphatic heterocycles. The van der Waals surface area contributed by atoms with Gasteiger partial charge in [-0.2, -0.15) is 0 Å². The van der Waals surface area contributed by atoms with Gasteiger partial charge in [0.15, 0.2) is 0 Å². The van der Waals surface area contributed by atoms with Crippen molar-refractivity contribution in [3.8, 4) is 0 Å². The minimum atomic E-state index is -0.302. The molecule has 1 heterocycles. The number of hydrogen-bond acceptors (Lipinski definition) is 5. The van der Waals surface area contributed by atoms with E-state index in [2.05, 4.69) is 19.2 Å². The summed E-state index contributed by atoms with van der Waals surface area (Å²) < 4.78 is 16.3. The molecule has 0 radical (unpaired) electrons. The zero-order valence-electron chi connectivity index (χ0n) is 14.8. The van der Waals surface area contributed by atoms with Crippen LogP contribution in [-0.4, -0.2) is 45.0 Å². The van der Waals surface area contributed by atoms with Crippen molar-refractivity contribution >= 4 is 11.7 Å². The molecule has 1 spiro atoms. The number of hydrogen-bond donors (Lipinski definition) is 1. The minimum absolute atomic E-state index is 0.0423. The van der Waals surface area contributed by atoms with Crippen LogP contribution in [0.5, 0.6) is 0 Å². The third kappa shape index (κ3) is 3.57. The third-order valence-corrected chi connectivity index (χ3v) is 5.00. The summed E-state index contributed by atoms with van der Waals surface area (Å²) in [5.41, 5.74) is 2.78. The second-order valence-electron chi connectivity index (χ2n) is 7.19. The molecule has 1 aromatic rings. The van der Waals surface area contributed by atoms with Gasteiger partial charge in [0.25, 0.3) is 0 Å². The molecule has 132 valence electrons. The molecule has 1 aromatic carbocycles. The fourth-order valence-corrected chi connectivity index (χ4v) is 3.70. The van der Waals surface area contributed by atoms with Gasteiger partial charge in [-0.3, -0.25) is 0 Å². The fraction of sp³-hybridized carbons (Fsp3) is 0.632. The minimum Gasteiger partial charge on any atom is -0.465 e. The van der Waals surface area contributed by atoms with Crippen LogP contribution in [0.3, 0.4) is 0 Å². The molecule has 0 bridgehead atoms. The van der Waals surface area contributed by atoms with Crippen LogP contribution in [0.15, 0.2) is 18.2 Å². The van der Waals surface area contributed by atoms with Crippen LogP contribution in [0.1, 0.15) is 48.5 Å². The highest BCUT2D eigenvalue weighted by molar-refractivity contribution is 5.90. The summed E-state index contributed by atoms with van der Waals surface area (Å²) in [5, 5.41) is 3.53. The highest BCUT2D eigenvalue weighted by Crippen LogP contribution is 2.42. The first-order valence-electron chi connectivity index (χ1n) is 8.71. The van der Waals surface area contributed by atoms with Crippen LogP contribution in [0.4, 0.5) is 5.69 Å². The topological polar surface area (TPSA) is 56.8 Å². The molecule has 0 amide bonds. The Morgan fingerprint density at radius 1 is 1.38 bits per heavy atom. The lowest BCUT2D eigenvalue weighted by Gasteiger charge is -2.49. The molecule has 2 aliphatic rings. The average Bonchev–Trinajstić information content (AvgIpc) is 2.57. The third-order valence-electron chi connectivity index (χ3n) is 5.00. The first-order valence-corrected chi connectivity index (χ1v) is 8.71. The van der Waals surface area contributed by atoms with Gasteiger partial charge < -0.3 is 19.5 Å². The van der Waals surface area contributed by atoms with Gasteiger partial charge in [0.2, 0.25) is 0 Å². The van der Waals surface area contributed by atoms with Crippen LogP contribution < -0.4 is 5.32 Å². The standard InChI is InChI=1S/C19H27NO4/c1-13(2)16-5-4-15(18(21)22-3)8-17(16)20-11-14-9-19(10-14)12-23-6-7-24-19/h4-5,8,13-14,20H,6-7,9-12H2,1-3H3. The molecule has 5 nitrogen and oxygen atoms in total. The molecule has 0 unspecified atom stereocenters. The zero-order valence-corrected chi connectivity index (χ0v) is 14.8. The Morgan fingerprint density at radius 3 is 2.79 bits per heavy atom. The van der Waals surface area contributed by atoms with Gasteiger partial charge in [0.1, 0.15) is 0 Å². The Balaban J connectivity index is 1.62. The molecule has 1 saturated heterocycles. The van der Waals surface area contributed by atoms with E-state index < -0.39 is 0 Å². The highest BCUT2D eigenvalue weighted by atomic mass is 16.6. The molecule has 1 saturated carbocycles. The van der Waals surface area contributed by atoms with E-state index in [0.29, 0.717) is 30.6 Å². The average molecular weight is 333 g/mol. The van der Waals surface area contributed by atoms with E-state index in [1.807, 2.05) is 18.2 Å². The van der Waals surface area contributed by atoms with Crippen molar-refractivity contribution in [1.29, 1.82) is 0 Å². The lowest BCUT2D eigenvalue weighted by Crippen LogP contribution is -2.54. The van der Waals surface area contributed by atoms with Crippen molar-refractivity contribution in [3.05, 3.63) is 29.3 Å². The summed E-state index contributed by atoms with van der Waals surface area (Å²) in [5.74, 6) is 0.666. The van der Waals surface area contributed by atoms with Crippen LogP contribution in [0.25, 0.3) is 0 Å². The maximum Gasteiger partial charge on any atom is 0.337 e. The summed E-state index contributed by atoms with van der Waals surface area (Å²) in [7, 11) is 1.41. The van der Waals surface area contributed by atoms with Crippen molar-refractivity contribution in [1.82, 2.24) is 0 Å². The Bertz CT molecular complexity index is 585. The largest absolute Gasteiger partial charge is 0.465 e. The highest BCUT2D eigenvalue weighted by Gasteiger charge is 2.46. The predicted octanol–water partition coefficient (Wildman–Crippen LogP) is 3.20. The van der Waals surface area contributed by atoms with E-state index in [1.54, 1.807) is 0 Å². The van der Waals surface area contributed by atoms with E-state index in [4.69, 9.17) is 14.2 Å². The smallest absolute Gasteiger partial charge is 0.337 e. The number of benzene rings is 1. The van der Waals surface area contributed by atoms with Gasteiger partial charge in [0, 0.05) is 12.2 Å². The Hall–Kier alpha value is -1.59. The van der Waals surface area contributed by atoms with Crippen molar-refractivity contribution in [2.24, 2.45) is 5.92 Å². The van der Waals surface area contributed by atoms with Crippen LogP contribution in [0, 0.1) is 5.92 Å². The number of rotatable bonds is 5. The second kappa shape index (κ2) is 7.11. The maximum atomic E-state index is 11.8. The van der Waals surface area contributed by atoms with Gasteiger partial charge in [-0.05, 0) is 42.4 Å². The van der Waals surface area contributed by atoms with Crippen LogP contribution >= 0.6 is 0 Å². The van der Waals surface area contributed by atoms with E-state index in [0.717, 1.165) is 31.7 Å². The monoisotopic (exact) mass is 333 g/mol. The second-order valence-corrected chi connectivity index (χ2v) is 7.19. The maximum absolute atomic E-state index is 11.8. The number of carbonyl (C=O) groups excluding carboxylic acids is 1. The van der Waals surface area contributed by atoms with E-state index >= 15 is 0 Å². The first kappa shape index (κ1) is 17.2. The lowest BCUT2D eigenvalue weighted by molar-refractivity contribution is -0.207. The molecule has 2 fully saturated rings. The zero-order chi connectivity index (χ0) is 17.2. The predicted molar refractivity (Wildman–Crippen MR) is 92.6 cm³/mol. The summed E-state index contributed by atoms with van der Waals surface area (Å²) in [6.07, 6.45) is 2.07. The normalized spacial score (nSPS) is 26.2. The fourth-order valence-electron chi connectivity index (χ4n) is 3.70. The summed E-state index contributed by atoms with van der Waals surface area (Å²) >= 11 is 0. The molecule has 0 atom stereocenters. The number of anilines is 1. The SMILES string of the molecule is COC(=O)c1ccc(C(C)C)c(NCC2CC3(COCCO3)C2)c1. The molecular weight excluding hydrogens is 306 g/mol. The molecule has 3 rings (SSSR count). The van der Waals surface area contributed by atoms with Crippen molar-refractivity contribution in [2.75, 3.05) is 38.8 Å². The van der Waals surface area contributed by atoms with Crippen LogP contribution in [0.2, 0.25) is 0 Å². The summed E-state index contributed by atoms with van der Waals surface area (Å²) in [4.78, 5) is 11.8. The number of ether oxygens (including phenoxy) is 3. The lowest BCUT2D eigenvalue weighted by atomic mass is 9.70. The molecular formula is C19H27NO4. The quantitative estimate of drug-likeness (QED) is 0.839. The first-order chi connectivity index (χ1) is 11.5. The van der Waals surface area contributed by atoms with Gasteiger partial charge >= 0.3 is 5.97 Å². The van der Waals surface area contributed by atoms with Gasteiger partial charge in [-0.15, -0.1) is 0 Å². The summed E-state index contributed by atoms with van der Waals surface area (Å²) in [6.45, 7) is 7.34. The number of methoxy groups -OCH3 is 1. The van der Waals surface area contributed by atoms with E-state index in [-0.39, 0.29) is 11.6 Å². The van der Waals surface area contributed by atoms with Crippen molar-refractivity contribution < 1.29 is 19.0 Å². The molecule has 5 heteroatoms. The Morgan fingerprint density at radius 2 is 2.17 bits per heavy atom. The Kier molecular flexibility index (Phi) is 5.11. The molecule has 0 aromatic heterocycles. The molecule has 1 aliphatic carbocycles. The van der Waals surface area contributed by atoms with Gasteiger partial charge in [-0.1, -0.05) is 19.9 Å². The van der Waals surface area contributed by atoms with E-state index in [9.17, 15) is 4.79 Å². The number of esters is 1. The van der Waals surface area contributed by atoms with Crippen LogP contribution in [-0.2, 0) is 14.2 Å². The van der Waals surface area contributed by atoms with Gasteiger partial charge in [-0.25, -0.2) is 4.79 Å². The van der Waals surface area contributed by atoms with E-state index in [1.165, 1.54) is 12.7 Å². The molecule has 24 heavy (non-hydrogen) atoms. The van der Waals surface area contributed by atoms with Crippen molar-refractivity contribution in [2.45, 2.75) is 38.2 Å². The molecule has 1 N–H and O–H groups in total. The Labute approximate surface area is 143 Å². The van der Waals surface area contributed by atoms with Crippen molar-refractivity contribution in [3.63, 3.8) is 0 Å². The summed E-state index contributed by atoms with van der Waals surface area (Å²) in [6, 6.07) is 5.74. The van der Waals surface area contributed by atoms with Gasteiger partial charge in [0.05, 0.1) is 38.1 Å². The number of nitrogens with one attached hydrogen (secondary N) is 1.